The molecule has 1 aromatic heterocycles. The van der Waals surface area contributed by atoms with Crippen molar-refractivity contribution in [3.05, 3.63) is 70.6 Å². The van der Waals surface area contributed by atoms with Crippen LogP contribution >= 0.6 is 11.6 Å². The number of aromatic nitrogens is 1. The van der Waals surface area contributed by atoms with Crippen molar-refractivity contribution in [2.75, 3.05) is 33.4 Å². The molecule has 35 heavy (non-hydrogen) atoms. The van der Waals surface area contributed by atoms with Gasteiger partial charge in [0.15, 0.2) is 0 Å². The highest BCUT2D eigenvalue weighted by atomic mass is 35.5. The summed E-state index contributed by atoms with van der Waals surface area (Å²) in [6.07, 6.45) is 4.58. The minimum Gasteiger partial charge on any atom is -0.497 e. The quantitative estimate of drug-likeness (QED) is 0.342. The molecule has 1 aliphatic heterocycles. The van der Waals surface area contributed by atoms with Gasteiger partial charge in [0.25, 0.3) is 0 Å². The third-order valence-electron chi connectivity index (χ3n) is 7.39. The number of nitrogens with zero attached hydrogens (tertiary/aromatic N) is 2. The molecule has 1 aliphatic rings. The van der Waals surface area contributed by atoms with E-state index in [1.807, 2.05) is 6.07 Å². The molecule has 2 aromatic carbocycles. The number of rotatable bonds is 10. The van der Waals surface area contributed by atoms with E-state index in [0.29, 0.717) is 33.7 Å². The number of likely N-dealkylation sites (tertiary alicyclic amines) is 1. The Balaban J connectivity index is 1.33. The van der Waals surface area contributed by atoms with E-state index in [1.165, 1.54) is 12.3 Å². The van der Waals surface area contributed by atoms with Gasteiger partial charge in [0.05, 0.1) is 17.6 Å². The van der Waals surface area contributed by atoms with Crippen LogP contribution in [0, 0.1) is 11.2 Å². The number of alkyl halides is 1. The Labute approximate surface area is 210 Å². The molecular formula is C28H33ClF2N2O2. The van der Waals surface area contributed by atoms with Crippen molar-refractivity contribution in [3.8, 4) is 5.75 Å². The van der Waals surface area contributed by atoms with E-state index in [-0.39, 0.29) is 24.3 Å². The lowest BCUT2D eigenvalue weighted by molar-refractivity contribution is 0.0300. The van der Waals surface area contributed by atoms with Crippen LogP contribution in [-0.4, -0.2) is 48.3 Å². The second-order valence-corrected chi connectivity index (χ2v) is 10.0. The largest absolute Gasteiger partial charge is 0.497 e. The summed E-state index contributed by atoms with van der Waals surface area (Å²) in [6.45, 7) is 2.73. The molecule has 1 N–H and O–H groups in total. The molecule has 0 aliphatic carbocycles. The highest BCUT2D eigenvalue weighted by Crippen LogP contribution is 2.41. The second-order valence-electron chi connectivity index (χ2n) is 9.64. The van der Waals surface area contributed by atoms with E-state index < -0.39 is 6.17 Å². The summed E-state index contributed by atoms with van der Waals surface area (Å²) in [6, 6.07) is 12.1. The topological polar surface area (TPSA) is 45.6 Å². The molecule has 7 heteroatoms. The Kier molecular flexibility index (Phi) is 8.58. The number of methoxy groups -OCH3 is 1. The Morgan fingerprint density at radius 2 is 2.00 bits per heavy atom. The maximum absolute atomic E-state index is 15.6. The van der Waals surface area contributed by atoms with Gasteiger partial charge in [-0.3, -0.25) is 4.98 Å². The number of ether oxygens (including phenoxy) is 1. The first-order chi connectivity index (χ1) is 16.9. The number of hydrogen-bond donors (Lipinski definition) is 1. The third-order valence-corrected chi connectivity index (χ3v) is 7.69. The fourth-order valence-electron chi connectivity index (χ4n) is 5.13. The molecule has 188 valence electrons. The lowest BCUT2D eigenvalue weighted by atomic mass is 9.74. The van der Waals surface area contributed by atoms with E-state index in [9.17, 15) is 9.50 Å². The molecule has 1 saturated heterocycles. The first-order valence-corrected chi connectivity index (χ1v) is 12.6. The van der Waals surface area contributed by atoms with Crippen LogP contribution in [0.1, 0.15) is 49.4 Å². The summed E-state index contributed by atoms with van der Waals surface area (Å²) in [7, 11) is 1.57. The molecule has 4 rings (SSSR count). The SMILES string of the molecule is COc1ccc2ncc(Cl)c([C@@H](F)CCC3(CO)CCN(CCCc4cccc(F)c4)CC3)c2c1. The van der Waals surface area contributed by atoms with Crippen molar-refractivity contribution >= 4 is 22.5 Å². The summed E-state index contributed by atoms with van der Waals surface area (Å²) in [5, 5.41) is 11.2. The molecule has 0 saturated carbocycles. The molecule has 1 atom stereocenters. The fraction of sp³-hybridized carbons (Fsp3) is 0.464. The van der Waals surface area contributed by atoms with E-state index in [1.54, 1.807) is 37.4 Å². The van der Waals surface area contributed by atoms with Crippen LogP contribution in [-0.2, 0) is 6.42 Å². The molecule has 0 radical (unpaired) electrons. The van der Waals surface area contributed by atoms with Gasteiger partial charge in [0, 0.05) is 23.8 Å². The van der Waals surface area contributed by atoms with Crippen molar-refractivity contribution in [1.82, 2.24) is 9.88 Å². The number of aliphatic hydroxyl groups is 1. The number of fused-ring (bicyclic) bond motifs is 1. The summed E-state index contributed by atoms with van der Waals surface area (Å²) >= 11 is 6.38. The molecule has 0 amide bonds. The number of halogens is 3. The average Bonchev–Trinajstić information content (AvgIpc) is 2.88. The van der Waals surface area contributed by atoms with Gasteiger partial charge in [-0.05, 0) is 99.5 Å². The van der Waals surface area contributed by atoms with Crippen molar-refractivity contribution in [2.45, 2.75) is 44.7 Å². The molecule has 0 unspecified atom stereocenters. The highest BCUT2D eigenvalue weighted by molar-refractivity contribution is 6.32. The Hall–Kier alpha value is -2.28. The lowest BCUT2D eigenvalue weighted by Gasteiger charge is -2.41. The molecule has 0 bridgehead atoms. The number of piperidine rings is 1. The molecule has 4 nitrogen and oxygen atoms in total. The van der Waals surface area contributed by atoms with Crippen LogP contribution in [0.3, 0.4) is 0 Å². The molecule has 0 spiro atoms. The number of benzene rings is 2. The number of aliphatic hydroxyl groups excluding tert-OH is 1. The number of hydrogen-bond acceptors (Lipinski definition) is 4. The van der Waals surface area contributed by atoms with Crippen LogP contribution < -0.4 is 4.74 Å². The third kappa shape index (κ3) is 6.29. The van der Waals surface area contributed by atoms with Gasteiger partial charge in [-0.25, -0.2) is 8.78 Å². The van der Waals surface area contributed by atoms with Gasteiger partial charge < -0.3 is 14.7 Å². The average molecular weight is 503 g/mol. The van der Waals surface area contributed by atoms with Crippen LogP contribution in [0.2, 0.25) is 5.02 Å². The van der Waals surface area contributed by atoms with Crippen LogP contribution in [0.15, 0.2) is 48.7 Å². The highest BCUT2D eigenvalue weighted by Gasteiger charge is 2.35. The maximum Gasteiger partial charge on any atom is 0.127 e. The van der Waals surface area contributed by atoms with E-state index >= 15 is 4.39 Å². The van der Waals surface area contributed by atoms with Gasteiger partial charge in [-0.15, -0.1) is 0 Å². The Morgan fingerprint density at radius 1 is 1.20 bits per heavy atom. The summed E-state index contributed by atoms with van der Waals surface area (Å²) in [4.78, 5) is 6.71. The van der Waals surface area contributed by atoms with Crippen molar-refractivity contribution in [3.63, 3.8) is 0 Å². The summed E-state index contributed by atoms with van der Waals surface area (Å²) in [5.74, 6) is 0.436. The first-order valence-electron chi connectivity index (χ1n) is 12.3. The van der Waals surface area contributed by atoms with Gasteiger partial charge in [0.1, 0.15) is 17.7 Å². The Bertz CT molecular complexity index is 1140. The standard InChI is InChI=1S/C28H33ClF2N2O2/c1-35-22-7-8-26-23(17-22)27(24(29)18-32-26)25(31)9-10-28(19-34)11-14-33(15-12-28)13-3-5-20-4-2-6-21(30)16-20/h2,4,6-8,16-18,25,34H,3,5,9-15,19H2,1H3/t25-/m0/s1. The zero-order valence-electron chi connectivity index (χ0n) is 20.2. The summed E-state index contributed by atoms with van der Waals surface area (Å²) < 4.78 is 34.3. The van der Waals surface area contributed by atoms with Crippen molar-refractivity contribution < 1.29 is 18.6 Å². The number of aryl methyl sites for hydroxylation is 1. The Morgan fingerprint density at radius 3 is 2.71 bits per heavy atom. The normalized spacial score (nSPS) is 16.9. The second kappa shape index (κ2) is 11.6. The van der Waals surface area contributed by atoms with E-state index in [4.69, 9.17) is 16.3 Å². The van der Waals surface area contributed by atoms with Crippen LogP contribution in [0.4, 0.5) is 8.78 Å². The van der Waals surface area contributed by atoms with Crippen molar-refractivity contribution in [1.29, 1.82) is 0 Å². The first kappa shape index (κ1) is 25.8. The lowest BCUT2D eigenvalue weighted by Crippen LogP contribution is -2.42. The monoisotopic (exact) mass is 502 g/mol. The van der Waals surface area contributed by atoms with Gasteiger partial charge in [-0.1, -0.05) is 23.7 Å². The molecule has 3 aromatic rings. The predicted octanol–water partition coefficient (Wildman–Crippen LogP) is 6.53. The molecule has 2 heterocycles. The minimum atomic E-state index is -1.26. The summed E-state index contributed by atoms with van der Waals surface area (Å²) in [5.41, 5.74) is 1.85. The van der Waals surface area contributed by atoms with Gasteiger partial charge in [-0.2, -0.15) is 0 Å². The van der Waals surface area contributed by atoms with E-state index in [2.05, 4.69) is 9.88 Å². The number of pyridine rings is 1. The van der Waals surface area contributed by atoms with Gasteiger partial charge in [0.2, 0.25) is 0 Å². The fourth-order valence-corrected chi connectivity index (χ4v) is 5.40. The zero-order valence-corrected chi connectivity index (χ0v) is 20.9. The molecule has 1 fully saturated rings. The van der Waals surface area contributed by atoms with Crippen molar-refractivity contribution in [2.24, 2.45) is 5.41 Å². The minimum absolute atomic E-state index is 0.0511. The smallest absolute Gasteiger partial charge is 0.127 e. The zero-order chi connectivity index (χ0) is 24.8. The van der Waals surface area contributed by atoms with E-state index in [0.717, 1.165) is 50.9 Å². The maximum atomic E-state index is 15.6. The predicted molar refractivity (Wildman–Crippen MR) is 136 cm³/mol. The van der Waals surface area contributed by atoms with Gasteiger partial charge >= 0.3 is 0 Å². The van der Waals surface area contributed by atoms with Crippen LogP contribution in [0.25, 0.3) is 10.9 Å². The van der Waals surface area contributed by atoms with Crippen LogP contribution in [0.5, 0.6) is 5.75 Å². The molecular weight excluding hydrogens is 470 g/mol.